The van der Waals surface area contributed by atoms with E-state index in [-0.39, 0.29) is 5.91 Å². The summed E-state index contributed by atoms with van der Waals surface area (Å²) in [4.78, 5) is 17.9. The SMILES string of the molecule is Cc1nn(C)cc1-c1cc(C(=O)Nc2cccc(Cl)c2C)c2ccccc2n1. The Morgan fingerprint density at radius 2 is 1.89 bits per heavy atom. The summed E-state index contributed by atoms with van der Waals surface area (Å²) in [5.41, 5.74) is 5.33. The summed E-state index contributed by atoms with van der Waals surface area (Å²) in [5, 5.41) is 8.79. The number of aromatic nitrogens is 3. The molecule has 28 heavy (non-hydrogen) atoms. The zero-order chi connectivity index (χ0) is 19.8. The van der Waals surface area contributed by atoms with Gasteiger partial charge in [0.2, 0.25) is 0 Å². The number of amides is 1. The molecule has 0 saturated carbocycles. The molecule has 0 atom stereocenters. The van der Waals surface area contributed by atoms with Gasteiger partial charge < -0.3 is 5.32 Å². The third kappa shape index (κ3) is 3.25. The zero-order valence-corrected chi connectivity index (χ0v) is 16.6. The van der Waals surface area contributed by atoms with E-state index < -0.39 is 0 Å². The summed E-state index contributed by atoms with van der Waals surface area (Å²) in [7, 11) is 1.87. The van der Waals surface area contributed by atoms with Crippen LogP contribution in [0.1, 0.15) is 21.6 Å². The van der Waals surface area contributed by atoms with Gasteiger partial charge in [0.05, 0.1) is 22.5 Å². The topological polar surface area (TPSA) is 59.8 Å². The first kappa shape index (κ1) is 18.2. The third-order valence-electron chi connectivity index (χ3n) is 4.77. The summed E-state index contributed by atoms with van der Waals surface area (Å²) in [6.07, 6.45) is 1.91. The van der Waals surface area contributed by atoms with Gasteiger partial charge in [0.1, 0.15) is 0 Å². The van der Waals surface area contributed by atoms with E-state index in [4.69, 9.17) is 16.6 Å². The van der Waals surface area contributed by atoms with Gasteiger partial charge in [-0.05, 0) is 43.7 Å². The molecule has 1 N–H and O–H groups in total. The fourth-order valence-electron chi connectivity index (χ4n) is 3.28. The van der Waals surface area contributed by atoms with Crippen molar-refractivity contribution in [1.82, 2.24) is 14.8 Å². The molecule has 0 bridgehead atoms. The highest BCUT2D eigenvalue weighted by atomic mass is 35.5. The Labute approximate surface area is 168 Å². The third-order valence-corrected chi connectivity index (χ3v) is 5.18. The molecule has 0 saturated heterocycles. The minimum Gasteiger partial charge on any atom is -0.322 e. The second-order valence-electron chi connectivity index (χ2n) is 6.74. The predicted octanol–water partition coefficient (Wildman–Crippen LogP) is 5.16. The van der Waals surface area contributed by atoms with Crippen molar-refractivity contribution in [2.24, 2.45) is 7.05 Å². The van der Waals surface area contributed by atoms with Gasteiger partial charge in [-0.15, -0.1) is 0 Å². The van der Waals surface area contributed by atoms with Gasteiger partial charge in [-0.25, -0.2) is 4.98 Å². The van der Waals surface area contributed by atoms with Crippen LogP contribution in [0.2, 0.25) is 5.02 Å². The molecule has 0 unspecified atom stereocenters. The quantitative estimate of drug-likeness (QED) is 0.525. The van der Waals surface area contributed by atoms with E-state index in [9.17, 15) is 4.79 Å². The molecule has 4 rings (SSSR count). The lowest BCUT2D eigenvalue weighted by atomic mass is 10.0. The summed E-state index contributed by atoms with van der Waals surface area (Å²) in [6, 6.07) is 14.9. The number of nitrogens with zero attached hydrogens (tertiary/aromatic N) is 3. The van der Waals surface area contributed by atoms with Gasteiger partial charge in [-0.2, -0.15) is 5.10 Å². The fraction of sp³-hybridized carbons (Fsp3) is 0.136. The number of carbonyl (C=O) groups is 1. The molecule has 6 heteroatoms. The maximum Gasteiger partial charge on any atom is 0.256 e. The Morgan fingerprint density at radius 1 is 1.11 bits per heavy atom. The summed E-state index contributed by atoms with van der Waals surface area (Å²) in [6.45, 7) is 3.81. The average Bonchev–Trinajstić information content (AvgIpc) is 3.02. The highest BCUT2D eigenvalue weighted by Crippen LogP contribution is 2.28. The number of pyridine rings is 1. The van der Waals surface area contributed by atoms with Crippen LogP contribution >= 0.6 is 11.6 Å². The number of anilines is 1. The average molecular weight is 391 g/mol. The maximum atomic E-state index is 13.2. The van der Waals surface area contributed by atoms with E-state index in [2.05, 4.69) is 10.4 Å². The molecule has 0 aliphatic heterocycles. The molecule has 0 radical (unpaired) electrons. The van der Waals surface area contributed by atoms with E-state index >= 15 is 0 Å². The summed E-state index contributed by atoms with van der Waals surface area (Å²) < 4.78 is 1.75. The van der Waals surface area contributed by atoms with Crippen molar-refractivity contribution >= 4 is 34.1 Å². The minimum atomic E-state index is -0.202. The van der Waals surface area contributed by atoms with Crippen LogP contribution in [-0.4, -0.2) is 20.7 Å². The van der Waals surface area contributed by atoms with Gasteiger partial charge in [0.15, 0.2) is 0 Å². The molecule has 2 heterocycles. The molecule has 4 aromatic rings. The Kier molecular flexibility index (Phi) is 4.61. The molecule has 0 fully saturated rings. The van der Waals surface area contributed by atoms with E-state index in [1.807, 2.05) is 69.6 Å². The van der Waals surface area contributed by atoms with Crippen LogP contribution in [0, 0.1) is 13.8 Å². The molecular formula is C22H19ClN4O. The first-order valence-electron chi connectivity index (χ1n) is 8.91. The zero-order valence-electron chi connectivity index (χ0n) is 15.8. The smallest absolute Gasteiger partial charge is 0.256 e. The monoisotopic (exact) mass is 390 g/mol. The van der Waals surface area contributed by atoms with Gasteiger partial charge in [0.25, 0.3) is 5.91 Å². The Hall–Kier alpha value is -3.18. The summed E-state index contributed by atoms with van der Waals surface area (Å²) in [5.74, 6) is -0.202. The maximum absolute atomic E-state index is 13.2. The van der Waals surface area contributed by atoms with Crippen molar-refractivity contribution in [1.29, 1.82) is 0 Å². The van der Waals surface area contributed by atoms with Crippen LogP contribution in [-0.2, 0) is 7.05 Å². The van der Waals surface area contributed by atoms with Crippen molar-refractivity contribution in [2.45, 2.75) is 13.8 Å². The van der Waals surface area contributed by atoms with E-state index in [1.54, 1.807) is 10.7 Å². The van der Waals surface area contributed by atoms with Gasteiger partial charge >= 0.3 is 0 Å². The Balaban J connectivity index is 1.84. The Bertz CT molecular complexity index is 1210. The molecule has 2 aromatic heterocycles. The number of carbonyl (C=O) groups excluding carboxylic acids is 1. The number of para-hydroxylation sites is 1. The van der Waals surface area contributed by atoms with Crippen molar-refractivity contribution < 1.29 is 4.79 Å². The summed E-state index contributed by atoms with van der Waals surface area (Å²) >= 11 is 6.19. The molecule has 1 amide bonds. The number of benzene rings is 2. The van der Waals surface area contributed by atoms with Gasteiger partial charge in [0, 0.05) is 34.9 Å². The fourth-order valence-corrected chi connectivity index (χ4v) is 3.46. The molecule has 5 nitrogen and oxygen atoms in total. The standard InChI is InChI=1S/C22H19ClN4O/c1-13-18(23)8-6-10-19(13)25-22(28)16-11-21(17-12-27(3)26-14(17)2)24-20-9-5-4-7-15(16)20/h4-12H,1-3H3,(H,25,28). The van der Waals surface area contributed by atoms with Crippen LogP contribution < -0.4 is 5.32 Å². The van der Waals surface area contributed by atoms with Crippen LogP contribution in [0.3, 0.4) is 0 Å². The highest BCUT2D eigenvalue weighted by Gasteiger charge is 2.17. The number of halogens is 1. The van der Waals surface area contributed by atoms with Crippen LogP contribution in [0.5, 0.6) is 0 Å². The highest BCUT2D eigenvalue weighted by molar-refractivity contribution is 6.31. The second kappa shape index (κ2) is 7.09. The van der Waals surface area contributed by atoms with Crippen molar-refractivity contribution in [3.63, 3.8) is 0 Å². The number of rotatable bonds is 3. The van der Waals surface area contributed by atoms with Crippen molar-refractivity contribution in [2.75, 3.05) is 5.32 Å². The number of hydrogen-bond donors (Lipinski definition) is 1. The Morgan fingerprint density at radius 3 is 2.64 bits per heavy atom. The first-order valence-corrected chi connectivity index (χ1v) is 9.28. The van der Waals surface area contributed by atoms with Crippen LogP contribution in [0.15, 0.2) is 54.7 Å². The van der Waals surface area contributed by atoms with Crippen molar-refractivity contribution in [3.05, 3.63) is 76.6 Å². The van der Waals surface area contributed by atoms with Crippen molar-refractivity contribution in [3.8, 4) is 11.3 Å². The molecule has 0 aliphatic carbocycles. The minimum absolute atomic E-state index is 0.202. The predicted molar refractivity (Wildman–Crippen MR) is 113 cm³/mol. The molecule has 0 spiro atoms. The van der Waals surface area contributed by atoms with Crippen LogP contribution in [0.4, 0.5) is 5.69 Å². The number of fused-ring (bicyclic) bond motifs is 1. The number of hydrogen-bond acceptors (Lipinski definition) is 3. The molecule has 140 valence electrons. The first-order chi connectivity index (χ1) is 13.4. The van der Waals surface area contributed by atoms with E-state index in [0.29, 0.717) is 16.3 Å². The van der Waals surface area contributed by atoms with Gasteiger partial charge in [-0.3, -0.25) is 9.48 Å². The number of nitrogens with one attached hydrogen (secondary N) is 1. The lowest BCUT2D eigenvalue weighted by Crippen LogP contribution is -2.14. The lowest BCUT2D eigenvalue weighted by molar-refractivity contribution is 0.102. The molecule has 0 aliphatic rings. The van der Waals surface area contributed by atoms with E-state index in [1.165, 1.54) is 0 Å². The molecule has 2 aromatic carbocycles. The van der Waals surface area contributed by atoms with Crippen LogP contribution in [0.25, 0.3) is 22.2 Å². The number of aryl methyl sites for hydroxylation is 2. The lowest BCUT2D eigenvalue weighted by Gasteiger charge is -2.12. The second-order valence-corrected chi connectivity index (χ2v) is 7.15. The van der Waals surface area contributed by atoms with E-state index in [0.717, 1.165) is 33.4 Å². The largest absolute Gasteiger partial charge is 0.322 e. The molecular weight excluding hydrogens is 372 g/mol. The van der Waals surface area contributed by atoms with Gasteiger partial charge in [-0.1, -0.05) is 35.9 Å². The normalized spacial score (nSPS) is 11.0.